The third-order valence-electron chi connectivity index (χ3n) is 2.79. The molecule has 0 atom stereocenters. The predicted molar refractivity (Wildman–Crippen MR) is 66.8 cm³/mol. The van der Waals surface area contributed by atoms with Crippen LogP contribution in [0.1, 0.15) is 6.42 Å². The third kappa shape index (κ3) is 4.05. The van der Waals surface area contributed by atoms with Crippen molar-refractivity contribution in [2.24, 2.45) is 0 Å². The van der Waals surface area contributed by atoms with Gasteiger partial charge >= 0.3 is 0 Å². The van der Waals surface area contributed by atoms with Crippen molar-refractivity contribution >= 4 is 11.6 Å². The predicted octanol–water partition coefficient (Wildman–Crippen LogP) is 0.454. The van der Waals surface area contributed by atoms with Gasteiger partial charge in [-0.25, -0.2) is 4.39 Å². The van der Waals surface area contributed by atoms with Crippen LogP contribution >= 0.6 is 0 Å². The number of hydrogen-bond donors (Lipinski definition) is 2. The van der Waals surface area contributed by atoms with Crippen molar-refractivity contribution in [1.29, 1.82) is 0 Å². The average Bonchev–Trinajstić information content (AvgIpc) is 2.57. The van der Waals surface area contributed by atoms with E-state index < -0.39 is 5.82 Å². The highest BCUT2D eigenvalue weighted by Gasteiger charge is 2.12. The van der Waals surface area contributed by atoms with Crippen LogP contribution in [0.25, 0.3) is 0 Å². The molecule has 1 aliphatic rings. The molecule has 1 amide bonds. The lowest BCUT2D eigenvalue weighted by atomic mass is 10.3. The van der Waals surface area contributed by atoms with Gasteiger partial charge in [-0.05, 0) is 19.5 Å². The Bertz CT molecular complexity index is 405. The minimum atomic E-state index is -0.452. The van der Waals surface area contributed by atoms with E-state index in [9.17, 15) is 9.18 Å². The zero-order valence-electron chi connectivity index (χ0n) is 10.2. The van der Waals surface area contributed by atoms with Crippen molar-refractivity contribution in [1.82, 2.24) is 15.2 Å². The second-order valence-corrected chi connectivity index (χ2v) is 4.32. The van der Waals surface area contributed by atoms with Crippen LogP contribution in [0, 0.1) is 5.82 Å². The van der Waals surface area contributed by atoms with Crippen LogP contribution in [0.4, 0.5) is 10.1 Å². The molecule has 1 aromatic heterocycles. The Morgan fingerprint density at radius 1 is 1.44 bits per heavy atom. The maximum atomic E-state index is 12.9. The van der Waals surface area contributed by atoms with Gasteiger partial charge in [-0.2, -0.15) is 0 Å². The topological polar surface area (TPSA) is 57.3 Å². The summed E-state index contributed by atoms with van der Waals surface area (Å²) in [6.45, 7) is 3.98. The fourth-order valence-corrected chi connectivity index (χ4v) is 1.94. The molecular formula is C12H17FN4O. The first-order valence-corrected chi connectivity index (χ1v) is 6.07. The van der Waals surface area contributed by atoms with Gasteiger partial charge in [0.05, 0.1) is 24.6 Å². The smallest absolute Gasteiger partial charge is 0.238 e. The number of carbonyl (C=O) groups is 1. The Balaban J connectivity index is 1.84. The molecule has 1 fully saturated rings. The van der Waals surface area contributed by atoms with E-state index in [-0.39, 0.29) is 5.91 Å². The molecular weight excluding hydrogens is 235 g/mol. The maximum Gasteiger partial charge on any atom is 0.238 e. The summed E-state index contributed by atoms with van der Waals surface area (Å²) in [5.41, 5.74) is 0.396. The molecule has 5 nitrogen and oxygen atoms in total. The SMILES string of the molecule is O=C(CN1CCCNCC1)Nc1cncc(F)c1. The number of nitrogens with one attached hydrogen (secondary N) is 2. The van der Waals surface area contributed by atoms with Gasteiger partial charge in [0.2, 0.25) is 5.91 Å². The van der Waals surface area contributed by atoms with Crippen LogP contribution in [0.15, 0.2) is 18.5 Å². The molecule has 0 bridgehead atoms. The Labute approximate surface area is 105 Å². The van der Waals surface area contributed by atoms with Crippen molar-refractivity contribution in [3.05, 3.63) is 24.3 Å². The van der Waals surface area contributed by atoms with Gasteiger partial charge in [-0.3, -0.25) is 14.7 Å². The van der Waals surface area contributed by atoms with E-state index in [4.69, 9.17) is 0 Å². The van der Waals surface area contributed by atoms with Crippen molar-refractivity contribution < 1.29 is 9.18 Å². The van der Waals surface area contributed by atoms with Gasteiger partial charge in [0.1, 0.15) is 5.82 Å². The summed E-state index contributed by atoms with van der Waals surface area (Å²) >= 11 is 0. The molecule has 98 valence electrons. The summed E-state index contributed by atoms with van der Waals surface area (Å²) in [5, 5.41) is 5.92. The van der Waals surface area contributed by atoms with E-state index >= 15 is 0 Å². The number of amides is 1. The summed E-state index contributed by atoms with van der Waals surface area (Å²) in [5.74, 6) is -0.587. The normalized spacial score (nSPS) is 17.2. The third-order valence-corrected chi connectivity index (χ3v) is 2.79. The molecule has 0 unspecified atom stereocenters. The van der Waals surface area contributed by atoms with Gasteiger partial charge in [-0.15, -0.1) is 0 Å². The Hall–Kier alpha value is -1.53. The van der Waals surface area contributed by atoms with E-state index in [0.29, 0.717) is 12.2 Å². The van der Waals surface area contributed by atoms with Crippen LogP contribution < -0.4 is 10.6 Å². The monoisotopic (exact) mass is 252 g/mol. The lowest BCUT2D eigenvalue weighted by Crippen LogP contribution is -2.35. The summed E-state index contributed by atoms with van der Waals surface area (Å²) in [4.78, 5) is 17.6. The molecule has 6 heteroatoms. The molecule has 0 saturated carbocycles. The van der Waals surface area contributed by atoms with Crippen LogP contribution in [0.2, 0.25) is 0 Å². The number of rotatable bonds is 3. The van der Waals surface area contributed by atoms with Crippen molar-refractivity contribution in [3.63, 3.8) is 0 Å². The molecule has 0 aromatic carbocycles. The number of nitrogens with zero attached hydrogens (tertiary/aromatic N) is 2. The van der Waals surface area contributed by atoms with Gasteiger partial charge in [-0.1, -0.05) is 0 Å². The fourth-order valence-electron chi connectivity index (χ4n) is 1.94. The Morgan fingerprint density at radius 3 is 3.17 bits per heavy atom. The number of anilines is 1. The van der Waals surface area contributed by atoms with E-state index in [1.807, 2.05) is 0 Å². The highest BCUT2D eigenvalue weighted by atomic mass is 19.1. The summed E-state index contributed by atoms with van der Waals surface area (Å²) in [6.07, 6.45) is 3.58. The highest BCUT2D eigenvalue weighted by molar-refractivity contribution is 5.92. The molecule has 1 aliphatic heterocycles. The number of hydrogen-bond acceptors (Lipinski definition) is 4. The van der Waals surface area contributed by atoms with Crippen molar-refractivity contribution in [2.45, 2.75) is 6.42 Å². The average molecular weight is 252 g/mol. The zero-order chi connectivity index (χ0) is 12.8. The van der Waals surface area contributed by atoms with Crippen LogP contribution in [0.5, 0.6) is 0 Å². The lowest BCUT2D eigenvalue weighted by molar-refractivity contribution is -0.117. The fraction of sp³-hybridized carbons (Fsp3) is 0.500. The summed E-state index contributed by atoms with van der Waals surface area (Å²) in [7, 11) is 0. The molecule has 2 heterocycles. The Kier molecular flexibility index (Phi) is 4.60. The van der Waals surface area contributed by atoms with Gasteiger partial charge in [0, 0.05) is 19.2 Å². The quantitative estimate of drug-likeness (QED) is 0.820. The highest BCUT2D eigenvalue weighted by Crippen LogP contribution is 2.06. The number of aromatic nitrogens is 1. The van der Waals surface area contributed by atoms with Crippen LogP contribution in [0.3, 0.4) is 0 Å². The molecule has 0 spiro atoms. The first-order chi connectivity index (χ1) is 8.74. The second kappa shape index (κ2) is 6.42. The van der Waals surface area contributed by atoms with Gasteiger partial charge < -0.3 is 10.6 Å². The standard InChI is InChI=1S/C12H17FN4O/c13-10-6-11(8-15-7-10)16-12(18)9-17-4-1-2-14-3-5-17/h6-8,14H,1-5,9H2,(H,16,18). The molecule has 1 saturated heterocycles. The first-order valence-electron chi connectivity index (χ1n) is 6.07. The van der Waals surface area contributed by atoms with Gasteiger partial charge in [0.25, 0.3) is 0 Å². The number of carbonyl (C=O) groups excluding carboxylic acids is 1. The lowest BCUT2D eigenvalue weighted by Gasteiger charge is -2.18. The molecule has 18 heavy (non-hydrogen) atoms. The van der Waals surface area contributed by atoms with Crippen LogP contribution in [-0.2, 0) is 4.79 Å². The van der Waals surface area contributed by atoms with Crippen molar-refractivity contribution in [3.8, 4) is 0 Å². The molecule has 1 aromatic rings. The van der Waals surface area contributed by atoms with Crippen molar-refractivity contribution in [2.75, 3.05) is 38.0 Å². The largest absolute Gasteiger partial charge is 0.324 e. The molecule has 2 N–H and O–H groups in total. The number of pyridine rings is 1. The molecule has 2 rings (SSSR count). The molecule has 0 aliphatic carbocycles. The Morgan fingerprint density at radius 2 is 2.33 bits per heavy atom. The van der Waals surface area contributed by atoms with Crippen LogP contribution in [-0.4, -0.2) is 48.5 Å². The minimum absolute atomic E-state index is 0.135. The second-order valence-electron chi connectivity index (χ2n) is 4.32. The van der Waals surface area contributed by atoms with E-state index in [2.05, 4.69) is 20.5 Å². The molecule has 0 radical (unpaired) electrons. The minimum Gasteiger partial charge on any atom is -0.324 e. The van der Waals surface area contributed by atoms with Gasteiger partial charge in [0.15, 0.2) is 0 Å². The first kappa shape index (κ1) is 12.9. The van der Waals surface area contributed by atoms with E-state index in [0.717, 1.165) is 38.8 Å². The maximum absolute atomic E-state index is 12.9. The summed E-state index contributed by atoms with van der Waals surface area (Å²) < 4.78 is 12.9. The summed E-state index contributed by atoms with van der Waals surface area (Å²) in [6, 6.07) is 1.26. The zero-order valence-corrected chi connectivity index (χ0v) is 10.2. The van der Waals surface area contributed by atoms with E-state index in [1.165, 1.54) is 12.3 Å². The number of halogens is 1. The van der Waals surface area contributed by atoms with E-state index in [1.54, 1.807) is 0 Å².